The van der Waals surface area contributed by atoms with Crippen molar-refractivity contribution in [3.63, 3.8) is 0 Å². The van der Waals surface area contributed by atoms with Crippen LogP contribution in [0.3, 0.4) is 0 Å². The molecule has 0 saturated carbocycles. The number of guanidine groups is 1. The van der Waals surface area contributed by atoms with Gasteiger partial charge in [-0.1, -0.05) is 19.1 Å². The number of nitrogens with one attached hydrogen (secondary N) is 2. The van der Waals surface area contributed by atoms with E-state index in [-0.39, 0.29) is 0 Å². The highest BCUT2D eigenvalue weighted by molar-refractivity contribution is 5.79. The Morgan fingerprint density at radius 2 is 1.86 bits per heavy atom. The van der Waals surface area contributed by atoms with Gasteiger partial charge in [0.15, 0.2) is 5.96 Å². The highest BCUT2D eigenvalue weighted by atomic mass is 16.5. The van der Waals surface area contributed by atoms with E-state index in [4.69, 9.17) is 4.74 Å². The van der Waals surface area contributed by atoms with E-state index < -0.39 is 0 Å². The zero-order valence-corrected chi connectivity index (χ0v) is 17.7. The van der Waals surface area contributed by atoms with Crippen LogP contribution in [0.1, 0.15) is 30.9 Å². The fourth-order valence-electron chi connectivity index (χ4n) is 3.94. The van der Waals surface area contributed by atoms with Crippen molar-refractivity contribution in [2.45, 2.75) is 32.6 Å². The van der Waals surface area contributed by atoms with Crippen LogP contribution in [0.25, 0.3) is 0 Å². The van der Waals surface area contributed by atoms with E-state index in [1.54, 1.807) is 0 Å². The van der Waals surface area contributed by atoms with Crippen LogP contribution in [0.5, 0.6) is 5.75 Å². The second kappa shape index (κ2) is 11.3. The molecule has 0 atom stereocenters. The van der Waals surface area contributed by atoms with E-state index in [0.717, 1.165) is 44.2 Å². The molecular formula is C22H37N5O. The Kier molecular flexibility index (Phi) is 8.42. The summed E-state index contributed by atoms with van der Waals surface area (Å²) in [6.07, 6.45) is 4.46. The largest absolute Gasteiger partial charge is 0.493 e. The summed E-state index contributed by atoms with van der Waals surface area (Å²) in [4.78, 5) is 9.47. The summed E-state index contributed by atoms with van der Waals surface area (Å²) in [5.41, 5.74) is 2.70. The van der Waals surface area contributed by atoms with Gasteiger partial charge < -0.3 is 25.2 Å². The Labute approximate surface area is 170 Å². The molecule has 0 aromatic heterocycles. The zero-order valence-electron chi connectivity index (χ0n) is 17.7. The van der Waals surface area contributed by atoms with Crippen LogP contribution in [0.15, 0.2) is 23.2 Å². The number of hydrogen-bond acceptors (Lipinski definition) is 4. The maximum atomic E-state index is 5.58. The highest BCUT2D eigenvalue weighted by Crippen LogP contribution is 2.25. The third kappa shape index (κ3) is 6.38. The fraction of sp³-hybridized carbons (Fsp3) is 0.682. The van der Waals surface area contributed by atoms with Crippen LogP contribution < -0.4 is 15.4 Å². The van der Waals surface area contributed by atoms with E-state index in [1.165, 1.54) is 63.2 Å². The van der Waals surface area contributed by atoms with Gasteiger partial charge in [0.25, 0.3) is 0 Å². The van der Waals surface area contributed by atoms with Gasteiger partial charge in [0.2, 0.25) is 0 Å². The molecule has 2 aliphatic heterocycles. The second-order valence-corrected chi connectivity index (χ2v) is 7.70. The van der Waals surface area contributed by atoms with E-state index in [2.05, 4.69) is 50.5 Å². The average molecular weight is 388 g/mol. The molecule has 28 heavy (non-hydrogen) atoms. The molecule has 2 heterocycles. The van der Waals surface area contributed by atoms with Crippen LogP contribution in [0.2, 0.25) is 0 Å². The van der Waals surface area contributed by atoms with Crippen molar-refractivity contribution in [3.05, 3.63) is 29.3 Å². The molecule has 2 aliphatic rings. The minimum Gasteiger partial charge on any atom is -0.493 e. The van der Waals surface area contributed by atoms with E-state index >= 15 is 0 Å². The van der Waals surface area contributed by atoms with Gasteiger partial charge in [0.05, 0.1) is 6.61 Å². The number of likely N-dealkylation sites (N-methyl/N-ethyl adjacent to an activating group) is 1. The minimum atomic E-state index is 0.822. The molecule has 6 heteroatoms. The van der Waals surface area contributed by atoms with Gasteiger partial charge >= 0.3 is 0 Å². The summed E-state index contributed by atoms with van der Waals surface area (Å²) in [6, 6.07) is 6.55. The molecule has 0 bridgehead atoms. The number of aliphatic imine (C=N–C) groups is 1. The van der Waals surface area contributed by atoms with E-state index in [9.17, 15) is 0 Å². The molecular weight excluding hydrogens is 350 g/mol. The number of fused-ring (bicyclic) bond motifs is 1. The van der Waals surface area contributed by atoms with Crippen molar-refractivity contribution in [2.24, 2.45) is 4.99 Å². The first-order valence-corrected chi connectivity index (χ1v) is 10.9. The van der Waals surface area contributed by atoms with Crippen molar-refractivity contribution in [2.75, 3.05) is 66.0 Å². The first-order valence-electron chi connectivity index (χ1n) is 10.9. The lowest BCUT2D eigenvalue weighted by Crippen LogP contribution is -2.46. The standard InChI is InChI=1S/C22H37N5O/c1-3-26-13-15-27(16-14-26)12-5-4-10-24-22(23-2)25-11-8-19-6-7-21-20(18-19)9-17-28-21/h6-7,18H,3-5,8-17H2,1-2H3,(H2,23,24,25). The third-order valence-corrected chi connectivity index (χ3v) is 5.79. The van der Waals surface area contributed by atoms with Gasteiger partial charge in [-0.3, -0.25) is 4.99 Å². The molecule has 2 N–H and O–H groups in total. The molecule has 0 unspecified atom stereocenters. The summed E-state index contributed by atoms with van der Waals surface area (Å²) in [6.45, 7) is 12.2. The highest BCUT2D eigenvalue weighted by Gasteiger charge is 2.14. The summed E-state index contributed by atoms with van der Waals surface area (Å²) in [5, 5.41) is 6.87. The fourth-order valence-corrected chi connectivity index (χ4v) is 3.94. The topological polar surface area (TPSA) is 52.1 Å². The van der Waals surface area contributed by atoms with Crippen LogP contribution in [-0.4, -0.2) is 81.8 Å². The molecule has 1 aromatic rings. The maximum Gasteiger partial charge on any atom is 0.190 e. The van der Waals surface area contributed by atoms with Crippen LogP contribution >= 0.6 is 0 Å². The molecule has 0 aliphatic carbocycles. The van der Waals surface area contributed by atoms with Crippen molar-refractivity contribution in [1.82, 2.24) is 20.4 Å². The molecule has 1 saturated heterocycles. The van der Waals surface area contributed by atoms with Crippen LogP contribution in [-0.2, 0) is 12.8 Å². The summed E-state index contributed by atoms with van der Waals surface area (Å²) >= 11 is 0. The summed E-state index contributed by atoms with van der Waals surface area (Å²) in [7, 11) is 1.84. The SMILES string of the molecule is CCN1CCN(CCCCNC(=NC)NCCc2ccc3c(c2)CCO3)CC1. The Morgan fingerprint density at radius 3 is 2.64 bits per heavy atom. The van der Waals surface area contributed by atoms with Crippen molar-refractivity contribution >= 4 is 5.96 Å². The second-order valence-electron chi connectivity index (χ2n) is 7.70. The lowest BCUT2D eigenvalue weighted by atomic mass is 10.1. The number of hydrogen-bond donors (Lipinski definition) is 2. The van der Waals surface area contributed by atoms with E-state index in [1.807, 2.05) is 7.05 Å². The third-order valence-electron chi connectivity index (χ3n) is 5.79. The van der Waals surface area contributed by atoms with Crippen molar-refractivity contribution < 1.29 is 4.74 Å². The van der Waals surface area contributed by atoms with Crippen molar-refractivity contribution in [1.29, 1.82) is 0 Å². The number of benzene rings is 1. The molecule has 6 nitrogen and oxygen atoms in total. The monoisotopic (exact) mass is 387 g/mol. The van der Waals surface area contributed by atoms with Gasteiger partial charge in [0, 0.05) is 52.7 Å². The first kappa shape index (κ1) is 20.9. The quantitative estimate of drug-likeness (QED) is 0.384. The number of rotatable bonds is 9. The molecule has 0 radical (unpaired) electrons. The number of piperazine rings is 1. The van der Waals surface area contributed by atoms with Gasteiger partial charge in [0.1, 0.15) is 5.75 Å². The Morgan fingerprint density at radius 1 is 1.07 bits per heavy atom. The minimum absolute atomic E-state index is 0.822. The predicted molar refractivity (Wildman–Crippen MR) is 116 cm³/mol. The maximum absolute atomic E-state index is 5.58. The molecule has 1 aromatic carbocycles. The average Bonchev–Trinajstić information content (AvgIpc) is 3.20. The number of unbranched alkanes of at least 4 members (excludes halogenated alkanes) is 1. The Hall–Kier alpha value is -1.79. The lowest BCUT2D eigenvalue weighted by Gasteiger charge is -2.34. The van der Waals surface area contributed by atoms with Gasteiger partial charge in [-0.15, -0.1) is 0 Å². The van der Waals surface area contributed by atoms with E-state index in [0.29, 0.717) is 0 Å². The number of ether oxygens (including phenoxy) is 1. The Balaban J connectivity index is 1.25. The summed E-state index contributed by atoms with van der Waals surface area (Å²) in [5.74, 6) is 1.96. The molecule has 0 amide bonds. The summed E-state index contributed by atoms with van der Waals surface area (Å²) < 4.78 is 5.58. The zero-order chi connectivity index (χ0) is 19.6. The lowest BCUT2D eigenvalue weighted by molar-refractivity contribution is 0.136. The predicted octanol–water partition coefficient (Wildman–Crippen LogP) is 1.75. The molecule has 156 valence electrons. The smallest absolute Gasteiger partial charge is 0.190 e. The van der Waals surface area contributed by atoms with Crippen molar-refractivity contribution in [3.8, 4) is 5.75 Å². The normalized spacial score (nSPS) is 18.0. The Bertz CT molecular complexity index is 625. The van der Waals surface area contributed by atoms with Crippen LogP contribution in [0, 0.1) is 0 Å². The molecule has 3 rings (SSSR count). The van der Waals surface area contributed by atoms with Crippen LogP contribution in [0.4, 0.5) is 0 Å². The first-order chi connectivity index (χ1) is 13.8. The van der Waals surface area contributed by atoms with Gasteiger partial charge in [-0.25, -0.2) is 0 Å². The molecule has 0 spiro atoms. The number of nitrogens with zero attached hydrogens (tertiary/aromatic N) is 3. The van der Waals surface area contributed by atoms with Gasteiger partial charge in [-0.05, 0) is 49.5 Å². The molecule has 1 fully saturated rings. The van der Waals surface area contributed by atoms with Gasteiger partial charge in [-0.2, -0.15) is 0 Å².